The number of methoxy groups -OCH3 is 1. The van der Waals surface area contributed by atoms with Gasteiger partial charge in [0.1, 0.15) is 5.75 Å². The summed E-state index contributed by atoms with van der Waals surface area (Å²) in [4.78, 5) is 4.29. The number of nitrogens with zero attached hydrogens (tertiary/aromatic N) is 1. The van der Waals surface area contributed by atoms with E-state index in [9.17, 15) is 0 Å². The van der Waals surface area contributed by atoms with Crippen LogP contribution in [0.1, 0.15) is 25.3 Å². The molecule has 0 bridgehead atoms. The summed E-state index contributed by atoms with van der Waals surface area (Å²) in [6, 6.07) is 7.91. The number of ether oxygens (including phenoxy) is 2. The van der Waals surface area contributed by atoms with Crippen molar-refractivity contribution in [3.05, 3.63) is 29.8 Å². The molecule has 0 saturated carbocycles. The molecule has 3 N–H and O–H groups in total. The summed E-state index contributed by atoms with van der Waals surface area (Å²) < 4.78 is 10.6. The third-order valence-corrected chi connectivity index (χ3v) is 2.65. The normalized spacial score (nSPS) is 10.9. The Kier molecular flexibility index (Phi) is 12.1. The molecule has 1 aromatic carbocycles. The summed E-state index contributed by atoms with van der Waals surface area (Å²) in [5.74, 6) is 1.34. The second-order valence-electron chi connectivity index (χ2n) is 4.47. The van der Waals surface area contributed by atoms with Gasteiger partial charge in [0, 0.05) is 26.7 Å². The first-order valence-electron chi connectivity index (χ1n) is 7.00. The van der Waals surface area contributed by atoms with E-state index in [0.29, 0.717) is 25.7 Å². The molecule has 0 aliphatic carbocycles. The second-order valence-corrected chi connectivity index (χ2v) is 4.47. The number of rotatable bonds is 9. The Morgan fingerprint density at radius 1 is 1.33 bits per heavy atom. The Bertz CT molecular complexity index is 414. The number of nitrogens with one attached hydrogen (secondary N) is 1. The van der Waals surface area contributed by atoms with Crippen LogP contribution in [0.15, 0.2) is 29.3 Å². The smallest absolute Gasteiger partial charge is 0.188 e. The summed E-state index contributed by atoms with van der Waals surface area (Å²) >= 11 is 0. The lowest BCUT2D eigenvalue weighted by Crippen LogP contribution is -2.32. The van der Waals surface area contributed by atoms with Crippen LogP contribution < -0.4 is 15.8 Å². The third kappa shape index (κ3) is 9.52. The van der Waals surface area contributed by atoms with Crippen molar-refractivity contribution < 1.29 is 9.47 Å². The first kappa shape index (κ1) is 20.0. The molecule has 0 unspecified atom stereocenters. The maximum absolute atomic E-state index is 5.75. The van der Waals surface area contributed by atoms with Crippen LogP contribution in [0, 0.1) is 0 Å². The lowest BCUT2D eigenvalue weighted by Gasteiger charge is -2.07. The SMILES string of the molecule is CCCNC(N)=NCc1cccc(OCCCOC)c1.I. The van der Waals surface area contributed by atoms with Crippen LogP contribution in [-0.2, 0) is 11.3 Å². The van der Waals surface area contributed by atoms with Gasteiger partial charge in [0.15, 0.2) is 5.96 Å². The van der Waals surface area contributed by atoms with Crippen molar-refractivity contribution in [1.29, 1.82) is 0 Å². The largest absolute Gasteiger partial charge is 0.493 e. The standard InChI is InChI=1S/C15H25N3O2.HI/c1-3-8-17-15(16)18-12-13-6-4-7-14(11-13)20-10-5-9-19-2;/h4,6-7,11H,3,5,8-10,12H2,1-2H3,(H3,16,17,18);1H. The maximum atomic E-state index is 5.75. The van der Waals surface area contributed by atoms with Gasteiger partial charge in [0.05, 0.1) is 13.2 Å². The highest BCUT2D eigenvalue weighted by molar-refractivity contribution is 14.0. The van der Waals surface area contributed by atoms with E-state index in [2.05, 4.69) is 17.2 Å². The van der Waals surface area contributed by atoms with Crippen LogP contribution in [0.2, 0.25) is 0 Å². The molecule has 0 atom stereocenters. The first-order chi connectivity index (χ1) is 9.76. The Morgan fingerprint density at radius 3 is 2.86 bits per heavy atom. The van der Waals surface area contributed by atoms with Crippen molar-refractivity contribution in [3.8, 4) is 5.75 Å². The topological polar surface area (TPSA) is 68.9 Å². The van der Waals surface area contributed by atoms with Crippen LogP contribution in [-0.4, -0.2) is 32.8 Å². The van der Waals surface area contributed by atoms with E-state index < -0.39 is 0 Å². The lowest BCUT2D eigenvalue weighted by molar-refractivity contribution is 0.172. The highest BCUT2D eigenvalue weighted by Crippen LogP contribution is 2.14. The Morgan fingerprint density at radius 2 is 2.14 bits per heavy atom. The predicted octanol–water partition coefficient (Wildman–Crippen LogP) is 2.53. The minimum Gasteiger partial charge on any atom is -0.493 e. The molecule has 0 spiro atoms. The number of hydrogen-bond donors (Lipinski definition) is 2. The average Bonchev–Trinajstić information content (AvgIpc) is 2.48. The van der Waals surface area contributed by atoms with Crippen LogP contribution in [0.3, 0.4) is 0 Å². The summed E-state index contributed by atoms with van der Waals surface area (Å²) in [7, 11) is 1.69. The quantitative estimate of drug-likeness (QED) is 0.286. The predicted molar refractivity (Wildman–Crippen MR) is 97.5 cm³/mol. The number of nitrogens with two attached hydrogens (primary N) is 1. The van der Waals surface area contributed by atoms with E-state index >= 15 is 0 Å². The maximum Gasteiger partial charge on any atom is 0.188 e. The molecule has 5 nitrogen and oxygen atoms in total. The van der Waals surface area contributed by atoms with Crippen molar-refractivity contribution in [1.82, 2.24) is 5.32 Å². The molecular weight excluding hydrogens is 381 g/mol. The fraction of sp³-hybridized carbons (Fsp3) is 0.533. The monoisotopic (exact) mass is 407 g/mol. The number of hydrogen-bond acceptors (Lipinski definition) is 3. The number of aliphatic imine (C=N–C) groups is 1. The zero-order valence-electron chi connectivity index (χ0n) is 12.8. The summed E-state index contributed by atoms with van der Waals surface area (Å²) in [5, 5.41) is 3.05. The molecule has 1 aromatic rings. The number of benzene rings is 1. The summed E-state index contributed by atoms with van der Waals surface area (Å²) in [6.07, 6.45) is 1.91. The number of guanidine groups is 1. The van der Waals surface area contributed by atoms with E-state index in [4.69, 9.17) is 15.2 Å². The molecule has 0 amide bonds. The van der Waals surface area contributed by atoms with Crippen molar-refractivity contribution in [3.63, 3.8) is 0 Å². The zero-order valence-corrected chi connectivity index (χ0v) is 15.1. The van der Waals surface area contributed by atoms with Crippen LogP contribution >= 0.6 is 24.0 Å². The van der Waals surface area contributed by atoms with Crippen LogP contribution in [0.25, 0.3) is 0 Å². The van der Waals surface area contributed by atoms with Gasteiger partial charge in [-0.05, 0) is 24.1 Å². The van der Waals surface area contributed by atoms with Gasteiger partial charge in [0.25, 0.3) is 0 Å². The van der Waals surface area contributed by atoms with Crippen molar-refractivity contribution in [2.45, 2.75) is 26.3 Å². The minimum absolute atomic E-state index is 0. The van der Waals surface area contributed by atoms with Gasteiger partial charge in [-0.25, -0.2) is 4.99 Å². The fourth-order valence-corrected chi connectivity index (χ4v) is 1.61. The molecule has 0 heterocycles. The molecular formula is C15H26IN3O2. The van der Waals surface area contributed by atoms with Gasteiger partial charge in [-0.3, -0.25) is 0 Å². The molecule has 0 fully saturated rings. The van der Waals surface area contributed by atoms with Gasteiger partial charge >= 0.3 is 0 Å². The van der Waals surface area contributed by atoms with E-state index in [1.807, 2.05) is 24.3 Å². The fourth-order valence-electron chi connectivity index (χ4n) is 1.61. The van der Waals surface area contributed by atoms with E-state index in [1.54, 1.807) is 7.11 Å². The highest BCUT2D eigenvalue weighted by Gasteiger charge is 1.97. The molecule has 0 aliphatic rings. The highest BCUT2D eigenvalue weighted by atomic mass is 127. The minimum atomic E-state index is 0. The molecule has 21 heavy (non-hydrogen) atoms. The molecule has 0 saturated heterocycles. The van der Waals surface area contributed by atoms with E-state index in [0.717, 1.165) is 30.7 Å². The Balaban J connectivity index is 0.00000400. The molecule has 0 radical (unpaired) electrons. The molecule has 0 aromatic heterocycles. The average molecular weight is 407 g/mol. The summed E-state index contributed by atoms with van der Waals surface area (Å²) in [5.41, 5.74) is 6.83. The van der Waals surface area contributed by atoms with Crippen molar-refractivity contribution >= 4 is 29.9 Å². The summed E-state index contributed by atoms with van der Waals surface area (Å²) in [6.45, 7) is 4.85. The molecule has 6 heteroatoms. The first-order valence-corrected chi connectivity index (χ1v) is 7.00. The van der Waals surface area contributed by atoms with Crippen molar-refractivity contribution in [2.75, 3.05) is 26.9 Å². The van der Waals surface area contributed by atoms with Gasteiger partial charge in [-0.1, -0.05) is 19.1 Å². The molecule has 0 aliphatic heterocycles. The van der Waals surface area contributed by atoms with Crippen LogP contribution in [0.5, 0.6) is 5.75 Å². The van der Waals surface area contributed by atoms with Gasteiger partial charge in [-0.15, -0.1) is 24.0 Å². The van der Waals surface area contributed by atoms with Gasteiger partial charge in [0.2, 0.25) is 0 Å². The molecule has 1 rings (SSSR count). The Hall–Kier alpha value is -1.02. The molecule has 120 valence electrons. The Labute approximate surface area is 144 Å². The van der Waals surface area contributed by atoms with Crippen molar-refractivity contribution in [2.24, 2.45) is 10.7 Å². The number of halogens is 1. The van der Waals surface area contributed by atoms with Gasteiger partial charge < -0.3 is 20.5 Å². The van der Waals surface area contributed by atoms with Crippen LogP contribution in [0.4, 0.5) is 0 Å². The second kappa shape index (κ2) is 12.7. The van der Waals surface area contributed by atoms with Gasteiger partial charge in [-0.2, -0.15) is 0 Å². The third-order valence-electron chi connectivity index (χ3n) is 2.65. The van der Waals surface area contributed by atoms with E-state index in [-0.39, 0.29) is 24.0 Å². The zero-order chi connectivity index (χ0) is 14.6. The van der Waals surface area contributed by atoms with E-state index in [1.165, 1.54) is 0 Å². The lowest BCUT2D eigenvalue weighted by atomic mass is 10.2.